The summed E-state index contributed by atoms with van der Waals surface area (Å²) in [5, 5.41) is 12.2. The van der Waals surface area contributed by atoms with Gasteiger partial charge in [0.25, 0.3) is 0 Å². The highest BCUT2D eigenvalue weighted by Gasteiger charge is 2.09. The molecular weight excluding hydrogens is 206 g/mol. The fourth-order valence-corrected chi connectivity index (χ4v) is 1.86. The first-order chi connectivity index (χ1) is 6.04. The zero-order chi connectivity index (χ0) is 9.90. The van der Waals surface area contributed by atoms with Gasteiger partial charge in [-0.15, -0.1) is 0 Å². The molecule has 0 fully saturated rings. The second-order valence-electron chi connectivity index (χ2n) is 2.45. The van der Waals surface area contributed by atoms with E-state index in [9.17, 15) is 8.42 Å². The van der Waals surface area contributed by atoms with Gasteiger partial charge >= 0.3 is 0 Å². The van der Waals surface area contributed by atoms with Crippen molar-refractivity contribution >= 4 is 27.3 Å². The van der Waals surface area contributed by atoms with Crippen LogP contribution in [-0.2, 0) is 9.84 Å². The predicted octanol–water partition coefficient (Wildman–Crippen LogP) is 1.66. The summed E-state index contributed by atoms with van der Waals surface area (Å²) in [6.07, 6.45) is 2.39. The van der Waals surface area contributed by atoms with Crippen LogP contribution < -0.4 is 0 Å². The van der Waals surface area contributed by atoms with Gasteiger partial charge in [0.1, 0.15) is 11.0 Å². The zero-order valence-corrected chi connectivity index (χ0v) is 8.52. The van der Waals surface area contributed by atoms with Gasteiger partial charge in [0.2, 0.25) is 0 Å². The van der Waals surface area contributed by atoms with E-state index in [1.165, 1.54) is 17.4 Å². The first-order valence-electron chi connectivity index (χ1n) is 3.38. The molecule has 0 spiro atoms. The molecule has 0 aromatic carbocycles. The van der Waals surface area contributed by atoms with Crippen LogP contribution in [-0.4, -0.2) is 14.7 Å². The van der Waals surface area contributed by atoms with Crippen molar-refractivity contribution in [3.8, 4) is 6.07 Å². The summed E-state index contributed by atoms with van der Waals surface area (Å²) >= 11 is 1.45. The largest absolute Gasteiger partial charge is 0.223 e. The van der Waals surface area contributed by atoms with E-state index in [4.69, 9.17) is 5.26 Å². The van der Waals surface area contributed by atoms with Crippen molar-refractivity contribution < 1.29 is 8.42 Å². The Morgan fingerprint density at radius 2 is 2.38 bits per heavy atom. The molecule has 0 atom stereocenters. The number of hydrogen-bond acceptors (Lipinski definition) is 4. The van der Waals surface area contributed by atoms with Gasteiger partial charge in [-0.3, -0.25) is 0 Å². The average molecular weight is 213 g/mol. The molecule has 0 radical (unpaired) electrons. The van der Waals surface area contributed by atoms with Crippen LogP contribution >= 0.6 is 11.3 Å². The molecule has 0 aliphatic heterocycles. The fraction of sp³-hybridized carbons (Fsp3) is 0.125. The molecule has 1 heterocycles. The maximum atomic E-state index is 11.0. The molecule has 13 heavy (non-hydrogen) atoms. The first kappa shape index (κ1) is 9.96. The molecule has 5 heteroatoms. The average Bonchev–Trinajstić information content (AvgIpc) is 2.49. The van der Waals surface area contributed by atoms with Crippen LogP contribution in [0.1, 0.15) is 5.56 Å². The Balaban J connectivity index is 3.14. The van der Waals surface area contributed by atoms with Gasteiger partial charge in [0, 0.05) is 6.26 Å². The van der Waals surface area contributed by atoms with Crippen LogP contribution in [0.15, 0.2) is 21.7 Å². The third-order valence-electron chi connectivity index (χ3n) is 1.35. The smallest absolute Gasteiger partial charge is 0.185 e. The van der Waals surface area contributed by atoms with Crippen LogP contribution in [0.4, 0.5) is 0 Å². The highest BCUT2D eigenvalue weighted by molar-refractivity contribution is 7.95. The van der Waals surface area contributed by atoms with Gasteiger partial charge in [-0.1, -0.05) is 0 Å². The Kier molecular flexibility index (Phi) is 2.86. The second-order valence-corrected chi connectivity index (χ2v) is 5.21. The van der Waals surface area contributed by atoms with Crippen molar-refractivity contribution in [2.24, 2.45) is 0 Å². The summed E-state index contributed by atoms with van der Waals surface area (Å²) in [5.74, 6) is 0. The van der Waals surface area contributed by atoms with Crippen molar-refractivity contribution in [1.82, 2.24) is 0 Å². The topological polar surface area (TPSA) is 57.9 Å². The van der Waals surface area contributed by atoms with E-state index in [1.54, 1.807) is 17.5 Å². The van der Waals surface area contributed by atoms with Crippen molar-refractivity contribution in [2.45, 2.75) is 0 Å². The van der Waals surface area contributed by atoms with E-state index >= 15 is 0 Å². The van der Waals surface area contributed by atoms with Crippen LogP contribution in [0.2, 0.25) is 0 Å². The van der Waals surface area contributed by atoms with Crippen molar-refractivity contribution in [1.29, 1.82) is 5.26 Å². The molecular formula is C8H7NO2S2. The maximum absolute atomic E-state index is 11.0. The molecule has 0 saturated heterocycles. The summed E-state index contributed by atoms with van der Waals surface area (Å²) in [5.41, 5.74) is 0.743. The van der Waals surface area contributed by atoms with Crippen molar-refractivity contribution in [3.05, 3.63) is 27.3 Å². The molecule has 0 saturated carbocycles. The Morgan fingerprint density at radius 1 is 1.69 bits per heavy atom. The Bertz CT molecular complexity index is 449. The number of thiophene rings is 1. The Labute approximate surface area is 80.9 Å². The van der Waals surface area contributed by atoms with Crippen LogP contribution in [0, 0.1) is 11.3 Å². The summed E-state index contributed by atoms with van der Waals surface area (Å²) < 4.78 is 22.0. The van der Waals surface area contributed by atoms with Gasteiger partial charge in [-0.05, 0) is 28.5 Å². The molecule has 0 unspecified atom stereocenters. The quantitative estimate of drug-likeness (QED) is 0.702. The summed E-state index contributed by atoms with van der Waals surface area (Å²) in [7, 11) is -3.39. The predicted molar refractivity (Wildman–Crippen MR) is 52.8 cm³/mol. The van der Waals surface area contributed by atoms with Gasteiger partial charge < -0.3 is 0 Å². The fourth-order valence-electron chi connectivity index (χ4n) is 0.731. The van der Waals surface area contributed by atoms with Crippen LogP contribution in [0.5, 0.6) is 0 Å². The summed E-state index contributed by atoms with van der Waals surface area (Å²) in [6.45, 7) is 0. The molecule has 1 rings (SSSR count). The lowest BCUT2D eigenvalue weighted by molar-refractivity contribution is 0.609. The number of rotatable bonds is 2. The third kappa shape index (κ3) is 2.68. The number of hydrogen-bond donors (Lipinski definition) is 0. The number of allylic oxidation sites excluding steroid dienone is 1. The minimum Gasteiger partial charge on any atom is -0.223 e. The number of nitrogens with zero attached hydrogens (tertiary/aromatic N) is 1. The Hall–Kier alpha value is -1.12. The van der Waals surface area contributed by atoms with Gasteiger partial charge in [-0.2, -0.15) is 16.6 Å². The van der Waals surface area contributed by atoms with E-state index < -0.39 is 9.84 Å². The van der Waals surface area contributed by atoms with E-state index in [2.05, 4.69) is 0 Å². The minimum atomic E-state index is -3.39. The lowest BCUT2D eigenvalue weighted by Crippen LogP contribution is -1.97. The SMILES string of the molecule is CS(=O)(=O)C(C#N)=Cc1ccsc1. The third-order valence-corrected chi connectivity index (χ3v) is 3.06. The van der Waals surface area contributed by atoms with Gasteiger partial charge in [0.15, 0.2) is 9.84 Å². The molecule has 0 aliphatic carbocycles. The van der Waals surface area contributed by atoms with Crippen molar-refractivity contribution in [2.75, 3.05) is 6.26 Å². The van der Waals surface area contributed by atoms with Gasteiger partial charge in [0.05, 0.1) is 0 Å². The van der Waals surface area contributed by atoms with Crippen LogP contribution in [0.25, 0.3) is 6.08 Å². The molecule has 0 aliphatic rings. The van der Waals surface area contributed by atoms with E-state index in [-0.39, 0.29) is 4.91 Å². The standard InChI is InChI=1S/C8H7NO2S2/c1-13(10,11)8(5-9)4-7-2-3-12-6-7/h2-4,6H,1H3. The van der Waals surface area contributed by atoms with E-state index in [0.717, 1.165) is 11.8 Å². The molecule has 68 valence electrons. The maximum Gasteiger partial charge on any atom is 0.185 e. The van der Waals surface area contributed by atoms with E-state index in [0.29, 0.717) is 0 Å². The molecule has 1 aromatic rings. The summed E-state index contributed by atoms with van der Waals surface area (Å²) in [4.78, 5) is -0.203. The molecule has 0 N–H and O–H groups in total. The molecule has 0 amide bonds. The molecule has 0 bridgehead atoms. The van der Waals surface area contributed by atoms with Gasteiger partial charge in [-0.25, -0.2) is 8.42 Å². The number of nitriles is 1. The monoisotopic (exact) mass is 213 g/mol. The summed E-state index contributed by atoms with van der Waals surface area (Å²) in [6, 6.07) is 3.42. The highest BCUT2D eigenvalue weighted by Crippen LogP contribution is 2.13. The normalized spacial score (nSPS) is 12.5. The van der Waals surface area contributed by atoms with E-state index in [1.807, 2.05) is 5.38 Å². The lowest BCUT2D eigenvalue weighted by Gasteiger charge is -1.91. The molecule has 1 aromatic heterocycles. The van der Waals surface area contributed by atoms with Crippen molar-refractivity contribution in [3.63, 3.8) is 0 Å². The lowest BCUT2D eigenvalue weighted by atomic mass is 10.3. The Morgan fingerprint density at radius 3 is 2.77 bits per heavy atom. The molecule has 3 nitrogen and oxygen atoms in total. The first-order valence-corrected chi connectivity index (χ1v) is 6.21. The second kappa shape index (κ2) is 3.73. The highest BCUT2D eigenvalue weighted by atomic mass is 32.2. The zero-order valence-electron chi connectivity index (χ0n) is 6.89. The minimum absolute atomic E-state index is 0.203. The van der Waals surface area contributed by atoms with Crippen LogP contribution in [0.3, 0.4) is 0 Å². The number of sulfone groups is 1.